The Hall–Kier alpha value is -2.90. The highest BCUT2D eigenvalue weighted by Gasteiger charge is 2.43. The Morgan fingerprint density at radius 1 is 1.12 bits per heavy atom. The average molecular weight is 361 g/mol. The first-order valence-corrected chi connectivity index (χ1v) is 8.49. The van der Waals surface area contributed by atoms with Crippen LogP contribution in [-0.2, 0) is 9.59 Å². The summed E-state index contributed by atoms with van der Waals surface area (Å²) in [5.41, 5.74) is 0.389. The summed E-state index contributed by atoms with van der Waals surface area (Å²) < 4.78 is 12.9. The third-order valence-electron chi connectivity index (χ3n) is 4.69. The molecular formula is C18H20FN3O4. The number of nitrogens with one attached hydrogen (secondary N) is 2. The maximum Gasteiger partial charge on any atom is 0.326 e. The van der Waals surface area contributed by atoms with E-state index >= 15 is 0 Å². The molecule has 7 nitrogen and oxygen atoms in total. The van der Waals surface area contributed by atoms with Gasteiger partial charge in [0.1, 0.15) is 17.9 Å². The first-order chi connectivity index (χ1) is 12.5. The Bertz CT molecular complexity index is 734. The fourth-order valence-electron chi connectivity index (χ4n) is 3.44. The predicted octanol–water partition coefficient (Wildman–Crippen LogP) is 2.11. The summed E-state index contributed by atoms with van der Waals surface area (Å²) in [6.07, 6.45) is 5.68. The molecule has 2 heterocycles. The van der Waals surface area contributed by atoms with E-state index in [0.29, 0.717) is 24.9 Å². The van der Waals surface area contributed by atoms with Crippen LogP contribution >= 0.6 is 0 Å². The predicted molar refractivity (Wildman–Crippen MR) is 92.0 cm³/mol. The van der Waals surface area contributed by atoms with E-state index in [0.717, 1.165) is 0 Å². The van der Waals surface area contributed by atoms with Gasteiger partial charge in [-0.05, 0) is 49.9 Å². The van der Waals surface area contributed by atoms with Crippen LogP contribution in [0.1, 0.15) is 25.7 Å². The lowest BCUT2D eigenvalue weighted by Crippen LogP contribution is -2.55. The van der Waals surface area contributed by atoms with Gasteiger partial charge in [-0.2, -0.15) is 0 Å². The van der Waals surface area contributed by atoms with Crippen molar-refractivity contribution >= 4 is 23.6 Å². The molecule has 2 aliphatic rings. The molecular weight excluding hydrogens is 341 g/mol. The lowest BCUT2D eigenvalue weighted by Gasteiger charge is -2.32. The summed E-state index contributed by atoms with van der Waals surface area (Å²) >= 11 is 0. The summed E-state index contributed by atoms with van der Waals surface area (Å²) in [7, 11) is 0. The van der Waals surface area contributed by atoms with Gasteiger partial charge >= 0.3 is 12.0 Å². The SMILES string of the molecule is O=C(Nc1ccc(F)cc1)N[C@H]1CC=CC[C@@H]2CC[C@@H](C(=O)O)N2C1=O. The highest BCUT2D eigenvalue weighted by molar-refractivity contribution is 5.95. The first-order valence-electron chi connectivity index (χ1n) is 8.49. The maximum absolute atomic E-state index is 12.9. The Labute approximate surface area is 149 Å². The number of aliphatic carboxylic acids is 1. The third-order valence-corrected chi connectivity index (χ3v) is 4.69. The normalized spacial score (nSPS) is 25.2. The number of hydrogen-bond acceptors (Lipinski definition) is 3. The van der Waals surface area contributed by atoms with Crippen molar-refractivity contribution in [2.45, 2.75) is 43.8 Å². The van der Waals surface area contributed by atoms with Gasteiger partial charge in [0.05, 0.1) is 0 Å². The van der Waals surface area contributed by atoms with E-state index in [1.807, 2.05) is 12.2 Å². The second-order valence-corrected chi connectivity index (χ2v) is 6.43. The van der Waals surface area contributed by atoms with Gasteiger partial charge in [0.15, 0.2) is 0 Å². The zero-order valence-corrected chi connectivity index (χ0v) is 14.0. The number of amides is 3. The van der Waals surface area contributed by atoms with Gasteiger partial charge in [-0.15, -0.1) is 0 Å². The zero-order valence-electron chi connectivity index (χ0n) is 14.0. The van der Waals surface area contributed by atoms with Crippen LogP contribution in [0.3, 0.4) is 0 Å². The van der Waals surface area contributed by atoms with Crippen LogP contribution in [-0.4, -0.2) is 46.0 Å². The molecule has 1 fully saturated rings. The highest BCUT2D eigenvalue weighted by Crippen LogP contribution is 2.29. The molecule has 3 amide bonds. The molecule has 0 radical (unpaired) electrons. The number of halogens is 1. The van der Waals surface area contributed by atoms with E-state index in [2.05, 4.69) is 10.6 Å². The number of fused-ring (bicyclic) bond motifs is 1. The van der Waals surface area contributed by atoms with Crippen LogP contribution in [0.5, 0.6) is 0 Å². The molecule has 0 spiro atoms. The molecule has 0 unspecified atom stereocenters. The van der Waals surface area contributed by atoms with Gasteiger partial charge in [0, 0.05) is 11.7 Å². The number of carbonyl (C=O) groups excluding carboxylic acids is 2. The van der Waals surface area contributed by atoms with Gasteiger partial charge in [-0.1, -0.05) is 12.2 Å². The van der Waals surface area contributed by atoms with E-state index in [-0.39, 0.29) is 12.5 Å². The average Bonchev–Trinajstić information content (AvgIpc) is 3.01. The molecule has 0 aliphatic carbocycles. The van der Waals surface area contributed by atoms with Crippen LogP contribution in [0.2, 0.25) is 0 Å². The summed E-state index contributed by atoms with van der Waals surface area (Å²) in [4.78, 5) is 37.9. The van der Waals surface area contributed by atoms with Crippen molar-refractivity contribution in [1.29, 1.82) is 0 Å². The second kappa shape index (κ2) is 7.55. The number of rotatable bonds is 3. The Morgan fingerprint density at radius 3 is 2.50 bits per heavy atom. The molecule has 1 saturated heterocycles. The standard InChI is InChI=1S/C18H20FN3O4/c19-11-5-7-12(8-6-11)20-18(26)21-14-4-2-1-3-13-9-10-15(17(24)25)22(13)16(14)23/h1-2,5-8,13-15H,3-4,9-10H2,(H,24,25)(H2,20,21,26)/t13-,14+,15+/m1/s1. The Balaban J connectivity index is 1.71. The molecule has 8 heteroatoms. The molecule has 1 aromatic carbocycles. The van der Waals surface area contributed by atoms with Crippen molar-refractivity contribution in [3.63, 3.8) is 0 Å². The van der Waals surface area contributed by atoms with Gasteiger partial charge < -0.3 is 20.6 Å². The molecule has 0 aromatic heterocycles. The Morgan fingerprint density at radius 2 is 1.81 bits per heavy atom. The van der Waals surface area contributed by atoms with Crippen LogP contribution in [0.15, 0.2) is 36.4 Å². The smallest absolute Gasteiger partial charge is 0.326 e. The molecule has 0 saturated carbocycles. The summed E-state index contributed by atoms with van der Waals surface area (Å²) in [5.74, 6) is -1.84. The van der Waals surface area contributed by atoms with Crippen LogP contribution in [0.25, 0.3) is 0 Å². The quantitative estimate of drug-likeness (QED) is 0.718. The molecule has 3 N–H and O–H groups in total. The second-order valence-electron chi connectivity index (χ2n) is 6.43. The number of benzene rings is 1. The highest BCUT2D eigenvalue weighted by atomic mass is 19.1. The fraction of sp³-hybridized carbons (Fsp3) is 0.389. The number of nitrogens with zero attached hydrogens (tertiary/aromatic N) is 1. The molecule has 138 valence electrons. The molecule has 0 bridgehead atoms. The van der Waals surface area contributed by atoms with Gasteiger partial charge in [0.25, 0.3) is 0 Å². The van der Waals surface area contributed by atoms with Crippen molar-refractivity contribution in [3.8, 4) is 0 Å². The van der Waals surface area contributed by atoms with Crippen molar-refractivity contribution in [3.05, 3.63) is 42.2 Å². The van der Waals surface area contributed by atoms with E-state index in [1.54, 1.807) is 0 Å². The number of carbonyl (C=O) groups is 3. The number of carboxylic acids is 1. The molecule has 1 aromatic rings. The van der Waals surface area contributed by atoms with Gasteiger partial charge in [-0.3, -0.25) is 4.79 Å². The minimum Gasteiger partial charge on any atom is -0.480 e. The third kappa shape index (κ3) is 3.84. The molecule has 2 aliphatic heterocycles. The molecule has 26 heavy (non-hydrogen) atoms. The van der Waals surface area contributed by atoms with E-state index in [9.17, 15) is 23.9 Å². The van der Waals surface area contributed by atoms with E-state index in [4.69, 9.17) is 0 Å². The first kappa shape index (κ1) is 17.9. The van der Waals surface area contributed by atoms with Crippen molar-refractivity contribution < 1.29 is 23.9 Å². The molecule has 3 atom stereocenters. The number of anilines is 1. The van der Waals surface area contributed by atoms with Crippen LogP contribution < -0.4 is 10.6 Å². The van der Waals surface area contributed by atoms with Crippen molar-refractivity contribution in [1.82, 2.24) is 10.2 Å². The Kier molecular flexibility index (Phi) is 5.20. The number of carboxylic acid groups (broad SMARTS) is 1. The number of hydrogen-bond donors (Lipinski definition) is 3. The van der Waals surface area contributed by atoms with E-state index < -0.39 is 35.8 Å². The number of urea groups is 1. The minimum absolute atomic E-state index is 0.162. The molecule has 3 rings (SSSR count). The largest absolute Gasteiger partial charge is 0.480 e. The minimum atomic E-state index is -1.03. The lowest BCUT2D eigenvalue weighted by molar-refractivity contribution is -0.150. The summed E-state index contributed by atoms with van der Waals surface area (Å²) in [6, 6.07) is 2.77. The fourth-order valence-corrected chi connectivity index (χ4v) is 3.44. The lowest BCUT2D eigenvalue weighted by atomic mass is 10.0. The maximum atomic E-state index is 12.9. The van der Waals surface area contributed by atoms with Crippen LogP contribution in [0, 0.1) is 5.82 Å². The van der Waals surface area contributed by atoms with Gasteiger partial charge in [-0.25, -0.2) is 14.0 Å². The van der Waals surface area contributed by atoms with Crippen molar-refractivity contribution in [2.75, 3.05) is 5.32 Å². The van der Waals surface area contributed by atoms with Gasteiger partial charge in [0.2, 0.25) is 5.91 Å². The summed E-state index contributed by atoms with van der Waals surface area (Å²) in [5, 5.41) is 14.5. The summed E-state index contributed by atoms with van der Waals surface area (Å²) in [6.45, 7) is 0. The topological polar surface area (TPSA) is 98.7 Å². The van der Waals surface area contributed by atoms with Crippen LogP contribution in [0.4, 0.5) is 14.9 Å². The van der Waals surface area contributed by atoms with Crippen molar-refractivity contribution in [2.24, 2.45) is 0 Å². The zero-order chi connectivity index (χ0) is 18.7. The monoisotopic (exact) mass is 361 g/mol. The van der Waals surface area contributed by atoms with E-state index in [1.165, 1.54) is 29.2 Å².